The van der Waals surface area contributed by atoms with Gasteiger partial charge in [0.1, 0.15) is 10.3 Å². The molecule has 1 aliphatic heterocycles. The van der Waals surface area contributed by atoms with Gasteiger partial charge in [-0.25, -0.2) is 16.8 Å². The number of amides is 1. The van der Waals surface area contributed by atoms with Crippen molar-refractivity contribution in [3.8, 4) is 5.75 Å². The zero-order valence-corrected chi connectivity index (χ0v) is 21.8. The number of likely N-dealkylation sites (N-methyl/N-ethyl adjacent to an activating group) is 1. The summed E-state index contributed by atoms with van der Waals surface area (Å²) in [4.78, 5) is 14.8. The molecule has 3 atom stereocenters. The van der Waals surface area contributed by atoms with E-state index in [4.69, 9.17) is 4.74 Å². The molecule has 188 valence electrons. The van der Waals surface area contributed by atoms with Gasteiger partial charge in [-0.05, 0) is 30.5 Å². The maximum absolute atomic E-state index is 13.3. The van der Waals surface area contributed by atoms with E-state index >= 15 is 0 Å². The van der Waals surface area contributed by atoms with Gasteiger partial charge in [-0.15, -0.1) is 11.3 Å². The number of benzene rings is 1. The Morgan fingerprint density at radius 2 is 1.97 bits per heavy atom. The van der Waals surface area contributed by atoms with Crippen LogP contribution in [0.4, 0.5) is 5.69 Å². The van der Waals surface area contributed by atoms with E-state index < -0.39 is 38.1 Å². The van der Waals surface area contributed by atoms with Gasteiger partial charge in [0, 0.05) is 19.5 Å². The number of para-hydroxylation sites is 1. The Balaban J connectivity index is 2.06. The average molecular weight is 532 g/mol. The van der Waals surface area contributed by atoms with Crippen LogP contribution in [0.1, 0.15) is 24.2 Å². The maximum Gasteiger partial charge on any atom is 0.258 e. The smallest absolute Gasteiger partial charge is 0.258 e. The normalized spacial score (nSPS) is 20.3. The Labute approximate surface area is 204 Å². The van der Waals surface area contributed by atoms with Gasteiger partial charge in [0.2, 0.25) is 10.0 Å². The number of aliphatic hydroxyl groups excluding tert-OH is 1. The number of aliphatic hydroxyl groups is 1. The topological polar surface area (TPSA) is 133 Å². The molecule has 0 radical (unpaired) electrons. The summed E-state index contributed by atoms with van der Waals surface area (Å²) in [6.07, 6.45) is 0.265. The molecule has 1 amide bonds. The highest BCUT2D eigenvalue weighted by Gasteiger charge is 2.36. The van der Waals surface area contributed by atoms with Crippen LogP contribution in [0.2, 0.25) is 0 Å². The number of nitrogens with one attached hydrogen (secondary N) is 1. The predicted octanol–water partition coefficient (Wildman–Crippen LogP) is 1.66. The van der Waals surface area contributed by atoms with E-state index in [1.807, 2.05) is 6.92 Å². The molecule has 2 aromatic rings. The van der Waals surface area contributed by atoms with Gasteiger partial charge in [0.05, 0.1) is 36.7 Å². The Morgan fingerprint density at radius 3 is 2.56 bits per heavy atom. The van der Waals surface area contributed by atoms with Gasteiger partial charge in [-0.3, -0.25) is 9.52 Å². The second-order valence-corrected chi connectivity index (χ2v) is 13.4. The molecule has 0 bridgehead atoms. The Morgan fingerprint density at radius 1 is 1.26 bits per heavy atom. The molecule has 1 aliphatic rings. The van der Waals surface area contributed by atoms with E-state index in [-0.39, 0.29) is 46.8 Å². The SMILES string of the molecule is C[C@H](CO)N1C[C@H](C)[C@H](CN(C)S(=O)(=O)c2cccs2)Oc2c(NS(C)(=O)=O)cccc2C1=O. The second kappa shape index (κ2) is 10.2. The Hall–Kier alpha value is -2.19. The lowest BCUT2D eigenvalue weighted by Gasteiger charge is -2.38. The van der Waals surface area contributed by atoms with Gasteiger partial charge in [0.25, 0.3) is 15.9 Å². The van der Waals surface area contributed by atoms with Crippen LogP contribution in [-0.2, 0) is 20.0 Å². The number of fused-ring (bicyclic) bond motifs is 1. The number of carbonyl (C=O) groups excluding carboxylic acids is 1. The third-order valence-corrected chi connectivity index (χ3v) is 9.37. The van der Waals surface area contributed by atoms with Crippen molar-refractivity contribution in [2.75, 3.05) is 37.7 Å². The molecule has 0 fully saturated rings. The Bertz CT molecular complexity index is 1230. The standard InChI is InChI=1S/C21H29N3O7S3/c1-14-11-24(15(2)13-25)21(26)16-7-5-8-17(22-33(4,27)28)20(16)31-18(14)12-23(3)34(29,30)19-9-6-10-32-19/h5-10,14-15,18,22,25H,11-13H2,1-4H3/t14-,15+,18-/m0/s1. The summed E-state index contributed by atoms with van der Waals surface area (Å²) >= 11 is 1.11. The molecular weight excluding hydrogens is 502 g/mol. The molecule has 2 N–H and O–H groups in total. The van der Waals surface area contributed by atoms with Crippen molar-refractivity contribution in [2.24, 2.45) is 5.92 Å². The molecule has 34 heavy (non-hydrogen) atoms. The fraction of sp³-hybridized carbons (Fsp3) is 0.476. The van der Waals surface area contributed by atoms with E-state index in [1.54, 1.807) is 18.4 Å². The van der Waals surface area contributed by atoms with Gasteiger partial charge in [-0.2, -0.15) is 4.31 Å². The third-order valence-electron chi connectivity index (χ3n) is 5.58. The summed E-state index contributed by atoms with van der Waals surface area (Å²) in [6, 6.07) is 7.18. The Kier molecular flexibility index (Phi) is 7.92. The molecule has 2 heterocycles. The van der Waals surface area contributed by atoms with Crippen molar-refractivity contribution in [3.63, 3.8) is 0 Å². The third kappa shape index (κ3) is 5.71. The quantitative estimate of drug-likeness (QED) is 0.529. The highest BCUT2D eigenvalue weighted by atomic mass is 32.2. The first-order chi connectivity index (χ1) is 15.8. The molecule has 0 saturated heterocycles. The van der Waals surface area contributed by atoms with Crippen LogP contribution in [-0.4, -0.2) is 82.2 Å². The molecular formula is C21H29N3O7S3. The lowest BCUT2D eigenvalue weighted by atomic mass is 9.99. The van der Waals surface area contributed by atoms with Gasteiger partial charge in [-0.1, -0.05) is 19.1 Å². The molecule has 3 rings (SSSR count). The first kappa shape index (κ1) is 26.4. The maximum atomic E-state index is 13.3. The highest BCUT2D eigenvalue weighted by Crippen LogP contribution is 2.35. The summed E-state index contributed by atoms with van der Waals surface area (Å²) in [6.45, 7) is 3.42. The van der Waals surface area contributed by atoms with Crippen LogP contribution in [0.3, 0.4) is 0 Å². The molecule has 0 saturated carbocycles. The summed E-state index contributed by atoms with van der Waals surface area (Å²) < 4.78 is 59.8. The predicted molar refractivity (Wildman–Crippen MR) is 130 cm³/mol. The monoisotopic (exact) mass is 531 g/mol. The van der Waals surface area contributed by atoms with Crippen molar-refractivity contribution >= 4 is 43.0 Å². The number of sulfonamides is 2. The number of hydrogen-bond donors (Lipinski definition) is 2. The average Bonchev–Trinajstić information content (AvgIpc) is 3.30. The van der Waals surface area contributed by atoms with Crippen molar-refractivity contribution < 1.29 is 31.5 Å². The molecule has 0 aliphatic carbocycles. The van der Waals surface area contributed by atoms with Gasteiger partial charge < -0.3 is 14.7 Å². The zero-order chi connectivity index (χ0) is 25.3. The van der Waals surface area contributed by atoms with Gasteiger partial charge in [0.15, 0.2) is 5.75 Å². The van der Waals surface area contributed by atoms with E-state index in [0.29, 0.717) is 0 Å². The second-order valence-electron chi connectivity index (χ2n) is 8.40. The van der Waals surface area contributed by atoms with E-state index in [1.165, 1.54) is 40.5 Å². The van der Waals surface area contributed by atoms with E-state index in [9.17, 15) is 26.7 Å². The van der Waals surface area contributed by atoms with Crippen LogP contribution in [0, 0.1) is 5.92 Å². The summed E-state index contributed by atoms with van der Waals surface area (Å²) in [5.41, 5.74) is 0.197. The first-order valence-electron chi connectivity index (χ1n) is 10.5. The molecule has 1 aromatic heterocycles. The number of carbonyl (C=O) groups is 1. The summed E-state index contributed by atoms with van der Waals surface area (Å²) in [7, 11) is -6.00. The fourth-order valence-corrected chi connectivity index (χ4v) is 6.60. The zero-order valence-electron chi connectivity index (χ0n) is 19.3. The number of thiophene rings is 1. The van der Waals surface area contributed by atoms with Crippen molar-refractivity contribution in [1.82, 2.24) is 9.21 Å². The van der Waals surface area contributed by atoms with Crippen LogP contribution in [0.15, 0.2) is 39.9 Å². The minimum atomic E-state index is -3.76. The molecule has 0 spiro atoms. The van der Waals surface area contributed by atoms with Crippen LogP contribution < -0.4 is 9.46 Å². The number of hydrogen-bond acceptors (Lipinski definition) is 8. The van der Waals surface area contributed by atoms with Crippen molar-refractivity contribution in [2.45, 2.75) is 30.2 Å². The molecule has 0 unspecified atom stereocenters. The molecule has 1 aromatic carbocycles. The molecule has 10 nitrogen and oxygen atoms in total. The van der Waals surface area contributed by atoms with Crippen LogP contribution in [0.5, 0.6) is 5.75 Å². The van der Waals surface area contributed by atoms with Crippen LogP contribution in [0.25, 0.3) is 0 Å². The number of nitrogens with zero attached hydrogens (tertiary/aromatic N) is 2. The minimum absolute atomic E-state index is 0.0199. The summed E-state index contributed by atoms with van der Waals surface area (Å²) in [5.74, 6) is -0.747. The highest BCUT2D eigenvalue weighted by molar-refractivity contribution is 7.92. The summed E-state index contributed by atoms with van der Waals surface area (Å²) in [5, 5.41) is 11.4. The van der Waals surface area contributed by atoms with Crippen molar-refractivity contribution in [1.29, 1.82) is 0 Å². The largest absolute Gasteiger partial charge is 0.486 e. The number of ether oxygens (including phenoxy) is 1. The number of rotatable bonds is 8. The van der Waals surface area contributed by atoms with E-state index in [0.717, 1.165) is 17.6 Å². The lowest BCUT2D eigenvalue weighted by Crippen LogP contribution is -2.50. The van der Waals surface area contributed by atoms with Gasteiger partial charge >= 0.3 is 0 Å². The van der Waals surface area contributed by atoms with Crippen molar-refractivity contribution in [3.05, 3.63) is 41.3 Å². The van der Waals surface area contributed by atoms with E-state index in [2.05, 4.69) is 4.72 Å². The lowest BCUT2D eigenvalue weighted by molar-refractivity contribution is 0.0389. The first-order valence-corrected chi connectivity index (χ1v) is 14.8. The molecule has 13 heteroatoms. The minimum Gasteiger partial charge on any atom is -0.486 e. The fourth-order valence-electron chi connectivity index (χ4n) is 3.66. The number of anilines is 1. The van der Waals surface area contributed by atoms with Crippen LogP contribution >= 0.6 is 11.3 Å².